The lowest BCUT2D eigenvalue weighted by Gasteiger charge is -2.11. The van der Waals surface area contributed by atoms with Crippen LogP contribution in [0, 0.1) is 17.1 Å². The molecule has 98 valence electrons. The van der Waals surface area contributed by atoms with E-state index in [0.717, 1.165) is 0 Å². The zero-order chi connectivity index (χ0) is 13.7. The van der Waals surface area contributed by atoms with Crippen molar-refractivity contribution in [3.63, 3.8) is 0 Å². The van der Waals surface area contributed by atoms with Gasteiger partial charge in [-0.05, 0) is 34.5 Å². The highest BCUT2D eigenvalue weighted by Crippen LogP contribution is 2.26. The Bertz CT molecular complexity index is 502. The van der Waals surface area contributed by atoms with Crippen LogP contribution in [-0.2, 0) is 10.8 Å². The first-order chi connectivity index (χ1) is 8.47. The van der Waals surface area contributed by atoms with Gasteiger partial charge < -0.3 is 5.32 Å². The summed E-state index contributed by atoms with van der Waals surface area (Å²) in [7, 11) is -0.869. The molecule has 0 aliphatic rings. The lowest BCUT2D eigenvalue weighted by molar-refractivity contribution is 0.622. The quantitative estimate of drug-likeness (QED) is 0.901. The van der Waals surface area contributed by atoms with Crippen LogP contribution in [0.3, 0.4) is 0 Å². The summed E-state index contributed by atoms with van der Waals surface area (Å²) in [5.74, 6) is -0.473. The minimum Gasteiger partial charge on any atom is -0.383 e. The minimum atomic E-state index is -0.869. The van der Waals surface area contributed by atoms with Crippen molar-refractivity contribution in [2.75, 3.05) is 18.1 Å². The van der Waals surface area contributed by atoms with Gasteiger partial charge in [0.25, 0.3) is 0 Å². The third kappa shape index (κ3) is 3.79. The van der Waals surface area contributed by atoms with Gasteiger partial charge in [0.1, 0.15) is 6.07 Å². The Morgan fingerprint density at radius 3 is 2.83 bits per heavy atom. The van der Waals surface area contributed by atoms with Crippen molar-refractivity contribution in [1.82, 2.24) is 0 Å². The summed E-state index contributed by atoms with van der Waals surface area (Å²) in [6.07, 6.45) is 2.35. The largest absolute Gasteiger partial charge is 0.383 e. The maximum atomic E-state index is 13.8. The van der Waals surface area contributed by atoms with Crippen LogP contribution in [0.2, 0.25) is 0 Å². The van der Waals surface area contributed by atoms with Gasteiger partial charge in [0.2, 0.25) is 0 Å². The van der Waals surface area contributed by atoms with Gasteiger partial charge in [-0.15, -0.1) is 0 Å². The van der Waals surface area contributed by atoms with Crippen molar-refractivity contribution >= 4 is 32.4 Å². The predicted octanol–water partition coefficient (Wildman–Crippen LogP) is 3.03. The summed E-state index contributed by atoms with van der Waals surface area (Å²) >= 11 is 3.05. The van der Waals surface area contributed by atoms with Crippen LogP contribution in [0.25, 0.3) is 0 Å². The Balaban J connectivity index is 2.67. The van der Waals surface area contributed by atoms with Gasteiger partial charge in [0, 0.05) is 28.9 Å². The standard InChI is InChI=1S/C12H14BrFN2OS/c1-8(18(2)17)5-6-16-10-4-3-9(7-15)11(13)12(10)14/h3-4,8,16H,5-6H2,1-2H3. The molecule has 0 aliphatic carbocycles. The minimum absolute atomic E-state index is 0.0717. The molecule has 1 N–H and O–H groups in total. The summed E-state index contributed by atoms with van der Waals surface area (Å²) < 4.78 is 25.1. The fraction of sp³-hybridized carbons (Fsp3) is 0.417. The van der Waals surface area contributed by atoms with Gasteiger partial charge >= 0.3 is 0 Å². The molecule has 0 heterocycles. The van der Waals surface area contributed by atoms with E-state index in [1.165, 1.54) is 6.07 Å². The van der Waals surface area contributed by atoms with Gasteiger partial charge in [-0.25, -0.2) is 4.39 Å². The highest BCUT2D eigenvalue weighted by atomic mass is 79.9. The lowest BCUT2D eigenvalue weighted by atomic mass is 10.2. The fourth-order valence-corrected chi connectivity index (χ4v) is 2.23. The number of nitrogens with zero attached hydrogens (tertiary/aromatic N) is 1. The first-order valence-electron chi connectivity index (χ1n) is 5.41. The van der Waals surface area contributed by atoms with Gasteiger partial charge in [-0.1, -0.05) is 6.92 Å². The van der Waals surface area contributed by atoms with Crippen LogP contribution in [0.4, 0.5) is 10.1 Å². The van der Waals surface area contributed by atoms with Gasteiger partial charge in [0.05, 0.1) is 15.7 Å². The molecule has 0 saturated carbocycles. The molecular weight excluding hydrogens is 319 g/mol. The Kier molecular flexibility index (Phi) is 5.76. The number of hydrogen-bond donors (Lipinski definition) is 1. The van der Waals surface area contributed by atoms with E-state index in [2.05, 4.69) is 21.2 Å². The fourth-order valence-electron chi connectivity index (χ4n) is 1.35. The first kappa shape index (κ1) is 15.1. The van der Waals surface area contributed by atoms with E-state index in [0.29, 0.717) is 18.7 Å². The van der Waals surface area contributed by atoms with E-state index in [-0.39, 0.29) is 15.3 Å². The summed E-state index contributed by atoms with van der Waals surface area (Å²) in [6.45, 7) is 2.43. The maximum Gasteiger partial charge on any atom is 0.161 e. The first-order valence-corrected chi connectivity index (χ1v) is 7.83. The molecule has 2 atom stereocenters. The monoisotopic (exact) mass is 332 g/mol. The molecule has 0 radical (unpaired) electrons. The topological polar surface area (TPSA) is 52.9 Å². The zero-order valence-corrected chi connectivity index (χ0v) is 12.6. The Morgan fingerprint density at radius 1 is 1.61 bits per heavy atom. The Hall–Kier alpha value is -0.930. The molecule has 0 spiro atoms. The van der Waals surface area contributed by atoms with Crippen LogP contribution < -0.4 is 5.32 Å². The third-order valence-electron chi connectivity index (χ3n) is 2.64. The van der Waals surface area contributed by atoms with Crippen LogP contribution in [-0.4, -0.2) is 22.3 Å². The van der Waals surface area contributed by atoms with E-state index in [4.69, 9.17) is 5.26 Å². The molecule has 2 unspecified atom stereocenters. The molecule has 0 aromatic heterocycles. The molecule has 1 aromatic carbocycles. The normalized spacial score (nSPS) is 13.7. The van der Waals surface area contributed by atoms with Crippen LogP contribution in [0.1, 0.15) is 18.9 Å². The van der Waals surface area contributed by atoms with Gasteiger partial charge in [-0.3, -0.25) is 4.21 Å². The van der Waals surface area contributed by atoms with E-state index in [9.17, 15) is 8.60 Å². The average molecular weight is 333 g/mol. The number of rotatable bonds is 5. The van der Waals surface area contributed by atoms with Crippen molar-refractivity contribution in [3.8, 4) is 6.07 Å². The molecular formula is C12H14BrFN2OS. The maximum absolute atomic E-state index is 13.8. The molecule has 0 saturated heterocycles. The number of halogens is 2. The molecule has 18 heavy (non-hydrogen) atoms. The second-order valence-electron chi connectivity index (χ2n) is 3.93. The number of nitriles is 1. The number of hydrogen-bond acceptors (Lipinski definition) is 3. The van der Waals surface area contributed by atoms with Crippen molar-refractivity contribution in [2.45, 2.75) is 18.6 Å². The van der Waals surface area contributed by atoms with Crippen LogP contribution >= 0.6 is 15.9 Å². The highest BCUT2D eigenvalue weighted by Gasteiger charge is 2.11. The number of benzene rings is 1. The van der Waals surface area contributed by atoms with Gasteiger partial charge in [-0.2, -0.15) is 5.26 Å². The molecule has 0 fully saturated rings. The van der Waals surface area contributed by atoms with Crippen molar-refractivity contribution in [1.29, 1.82) is 5.26 Å². The summed E-state index contributed by atoms with van der Waals surface area (Å²) in [5, 5.41) is 11.8. The van der Waals surface area contributed by atoms with E-state index < -0.39 is 16.6 Å². The Morgan fingerprint density at radius 2 is 2.28 bits per heavy atom. The van der Waals surface area contributed by atoms with Crippen molar-refractivity contribution < 1.29 is 8.60 Å². The molecule has 0 aliphatic heterocycles. The van der Waals surface area contributed by atoms with Crippen molar-refractivity contribution in [3.05, 3.63) is 28.0 Å². The predicted molar refractivity (Wildman–Crippen MR) is 75.5 cm³/mol. The smallest absolute Gasteiger partial charge is 0.161 e. The molecule has 1 aromatic rings. The van der Waals surface area contributed by atoms with E-state index >= 15 is 0 Å². The van der Waals surface area contributed by atoms with Crippen LogP contribution in [0.5, 0.6) is 0 Å². The van der Waals surface area contributed by atoms with E-state index in [1.807, 2.05) is 13.0 Å². The lowest BCUT2D eigenvalue weighted by Crippen LogP contribution is -2.15. The van der Waals surface area contributed by atoms with Crippen molar-refractivity contribution in [2.24, 2.45) is 0 Å². The molecule has 3 nitrogen and oxygen atoms in total. The number of nitrogens with one attached hydrogen (secondary N) is 1. The SMILES string of the molecule is CC(CCNc1ccc(C#N)c(Br)c1F)S(C)=O. The molecule has 0 bridgehead atoms. The second kappa shape index (κ2) is 6.86. The molecule has 1 rings (SSSR count). The highest BCUT2D eigenvalue weighted by molar-refractivity contribution is 9.10. The summed E-state index contributed by atoms with van der Waals surface area (Å²) in [6, 6.07) is 4.98. The third-order valence-corrected chi connectivity index (χ3v) is 4.78. The Labute approximate surface area is 117 Å². The van der Waals surface area contributed by atoms with Gasteiger partial charge in [0.15, 0.2) is 5.82 Å². The summed E-state index contributed by atoms with van der Waals surface area (Å²) in [4.78, 5) is 0. The second-order valence-corrected chi connectivity index (χ2v) is 6.52. The van der Waals surface area contributed by atoms with Crippen LogP contribution in [0.15, 0.2) is 16.6 Å². The molecule has 0 amide bonds. The average Bonchev–Trinajstić information content (AvgIpc) is 2.34. The number of anilines is 1. The van der Waals surface area contributed by atoms with E-state index in [1.54, 1.807) is 12.3 Å². The zero-order valence-electron chi connectivity index (χ0n) is 10.2. The summed E-state index contributed by atoms with van der Waals surface area (Å²) in [5.41, 5.74) is 0.607. The molecule has 6 heteroatoms.